The Bertz CT molecular complexity index is 1970. The standard InChI is InChI=1S/C31H18ClNOS/c32-28-27-24-15-7-4-12-21(24)22-13-5-8-16-25(22)29(27)35-30(28)31(34)33-26-17-18-9-1-2-10-19(18)20-11-3-6-14-23(20)26/h1-17H,(H,33,34). The highest BCUT2D eigenvalue weighted by molar-refractivity contribution is 7.23. The molecule has 0 aliphatic heterocycles. The average Bonchev–Trinajstić information content (AvgIpc) is 3.26. The van der Waals surface area contributed by atoms with Gasteiger partial charge < -0.3 is 5.32 Å². The van der Waals surface area contributed by atoms with Crippen LogP contribution in [0.2, 0.25) is 5.02 Å². The molecule has 7 rings (SSSR count). The van der Waals surface area contributed by atoms with Gasteiger partial charge in [0.2, 0.25) is 0 Å². The van der Waals surface area contributed by atoms with Gasteiger partial charge in [-0.3, -0.25) is 4.79 Å². The van der Waals surface area contributed by atoms with Crippen LogP contribution in [0.4, 0.5) is 5.69 Å². The molecular weight excluding hydrogens is 470 g/mol. The summed E-state index contributed by atoms with van der Waals surface area (Å²) in [6.45, 7) is 0. The first-order valence-electron chi connectivity index (χ1n) is 11.4. The van der Waals surface area contributed by atoms with Crippen molar-refractivity contribution in [3.05, 3.63) is 113 Å². The lowest BCUT2D eigenvalue weighted by Crippen LogP contribution is -2.11. The van der Waals surface area contributed by atoms with Crippen molar-refractivity contribution < 1.29 is 4.79 Å². The Morgan fingerprint density at radius 1 is 0.629 bits per heavy atom. The number of carbonyl (C=O) groups excluding carboxylic acids is 1. The minimum atomic E-state index is -0.190. The summed E-state index contributed by atoms with van der Waals surface area (Å²) in [5.41, 5.74) is 0.785. The van der Waals surface area contributed by atoms with Gasteiger partial charge in [-0.25, -0.2) is 0 Å². The molecule has 35 heavy (non-hydrogen) atoms. The van der Waals surface area contributed by atoms with E-state index in [4.69, 9.17) is 11.6 Å². The second kappa shape index (κ2) is 7.81. The molecule has 1 heterocycles. The van der Waals surface area contributed by atoms with Crippen LogP contribution in [0.5, 0.6) is 0 Å². The number of carbonyl (C=O) groups is 1. The van der Waals surface area contributed by atoms with E-state index in [9.17, 15) is 4.79 Å². The Balaban J connectivity index is 1.44. The second-order valence-electron chi connectivity index (χ2n) is 8.69. The van der Waals surface area contributed by atoms with Crippen molar-refractivity contribution in [2.75, 3.05) is 5.32 Å². The normalized spacial score (nSPS) is 11.7. The van der Waals surface area contributed by atoms with Crippen molar-refractivity contribution >= 4 is 87.7 Å². The van der Waals surface area contributed by atoms with Gasteiger partial charge in [-0.1, -0.05) is 109 Å². The minimum absolute atomic E-state index is 0.190. The minimum Gasteiger partial charge on any atom is -0.321 e. The molecule has 2 nitrogen and oxygen atoms in total. The summed E-state index contributed by atoms with van der Waals surface area (Å²) in [5, 5.41) is 13.5. The molecule has 1 amide bonds. The highest BCUT2D eigenvalue weighted by Crippen LogP contribution is 2.45. The summed E-state index contributed by atoms with van der Waals surface area (Å²) in [6.07, 6.45) is 0. The fraction of sp³-hybridized carbons (Fsp3) is 0. The zero-order valence-electron chi connectivity index (χ0n) is 18.5. The van der Waals surface area contributed by atoms with E-state index in [0.717, 1.165) is 48.1 Å². The van der Waals surface area contributed by atoms with Crippen LogP contribution < -0.4 is 5.32 Å². The first kappa shape index (κ1) is 20.5. The highest BCUT2D eigenvalue weighted by atomic mass is 35.5. The van der Waals surface area contributed by atoms with Crippen LogP contribution in [0, 0.1) is 0 Å². The molecule has 0 bridgehead atoms. The van der Waals surface area contributed by atoms with E-state index in [1.807, 2.05) is 60.7 Å². The van der Waals surface area contributed by atoms with E-state index >= 15 is 0 Å². The number of thiophene rings is 1. The topological polar surface area (TPSA) is 29.1 Å². The molecule has 4 heteroatoms. The van der Waals surface area contributed by atoms with E-state index in [-0.39, 0.29) is 5.91 Å². The van der Waals surface area contributed by atoms with Crippen LogP contribution >= 0.6 is 22.9 Å². The first-order valence-corrected chi connectivity index (χ1v) is 12.6. The van der Waals surface area contributed by atoms with Crippen molar-refractivity contribution in [1.29, 1.82) is 0 Å². The molecule has 0 unspecified atom stereocenters. The number of fused-ring (bicyclic) bond motifs is 9. The van der Waals surface area contributed by atoms with Gasteiger partial charge in [-0.05, 0) is 38.4 Å². The van der Waals surface area contributed by atoms with Crippen molar-refractivity contribution in [3.8, 4) is 0 Å². The van der Waals surface area contributed by atoms with E-state index in [1.165, 1.54) is 22.1 Å². The predicted molar refractivity (Wildman–Crippen MR) is 151 cm³/mol. The molecule has 0 radical (unpaired) electrons. The fourth-order valence-corrected chi connectivity index (χ4v) is 6.77. The molecule has 166 valence electrons. The molecule has 1 N–H and O–H groups in total. The number of hydrogen-bond donors (Lipinski definition) is 1. The lowest BCUT2D eigenvalue weighted by atomic mass is 9.99. The molecule has 1 aromatic heterocycles. The van der Waals surface area contributed by atoms with Crippen molar-refractivity contribution in [2.24, 2.45) is 0 Å². The summed E-state index contributed by atoms with van der Waals surface area (Å²) < 4.78 is 1.04. The van der Waals surface area contributed by atoms with Gasteiger partial charge >= 0.3 is 0 Å². The Morgan fingerprint density at radius 2 is 1.14 bits per heavy atom. The molecule has 0 saturated heterocycles. The third kappa shape index (κ3) is 3.06. The highest BCUT2D eigenvalue weighted by Gasteiger charge is 2.22. The quantitative estimate of drug-likeness (QED) is 0.242. The Kier molecular flexibility index (Phi) is 4.56. The fourth-order valence-electron chi connectivity index (χ4n) is 5.18. The maximum absolute atomic E-state index is 13.7. The molecule has 6 aromatic carbocycles. The molecule has 0 aliphatic carbocycles. The number of benzene rings is 6. The molecule has 0 atom stereocenters. The Morgan fingerprint density at radius 3 is 1.86 bits per heavy atom. The third-order valence-electron chi connectivity index (χ3n) is 6.73. The van der Waals surface area contributed by atoms with Gasteiger partial charge in [-0.15, -0.1) is 11.3 Å². The lowest BCUT2D eigenvalue weighted by Gasteiger charge is -2.11. The molecule has 0 aliphatic rings. The van der Waals surface area contributed by atoms with E-state index < -0.39 is 0 Å². The zero-order valence-corrected chi connectivity index (χ0v) is 20.1. The third-order valence-corrected chi connectivity index (χ3v) is 8.44. The molecule has 0 saturated carbocycles. The number of amides is 1. The Hall–Kier alpha value is -3.92. The van der Waals surface area contributed by atoms with Crippen LogP contribution in [-0.2, 0) is 0 Å². The SMILES string of the molecule is O=C(Nc1cc2ccccc2c2ccccc12)c1sc2c3ccccc3c3ccccc3c2c1Cl. The monoisotopic (exact) mass is 487 g/mol. The summed E-state index contributed by atoms with van der Waals surface area (Å²) in [6, 6.07) is 35.0. The molecule has 0 spiro atoms. The second-order valence-corrected chi connectivity index (χ2v) is 10.1. The molecule has 7 aromatic rings. The summed E-state index contributed by atoms with van der Waals surface area (Å²) >= 11 is 8.42. The van der Waals surface area contributed by atoms with Gasteiger partial charge in [0.1, 0.15) is 4.88 Å². The Labute approximate surface area is 210 Å². The van der Waals surface area contributed by atoms with Crippen LogP contribution in [0.1, 0.15) is 9.67 Å². The number of hydrogen-bond acceptors (Lipinski definition) is 2. The van der Waals surface area contributed by atoms with Gasteiger partial charge in [-0.2, -0.15) is 0 Å². The van der Waals surface area contributed by atoms with Crippen molar-refractivity contribution in [3.63, 3.8) is 0 Å². The predicted octanol–water partition coefficient (Wildman–Crippen LogP) is 9.42. The summed E-state index contributed by atoms with van der Waals surface area (Å²) in [4.78, 5) is 14.2. The van der Waals surface area contributed by atoms with Crippen LogP contribution in [0.25, 0.3) is 53.2 Å². The number of rotatable bonds is 2. The van der Waals surface area contributed by atoms with Crippen LogP contribution in [0.3, 0.4) is 0 Å². The van der Waals surface area contributed by atoms with Crippen molar-refractivity contribution in [1.82, 2.24) is 0 Å². The first-order chi connectivity index (χ1) is 17.2. The van der Waals surface area contributed by atoms with Gasteiger partial charge in [0, 0.05) is 26.5 Å². The molecular formula is C31H18ClNOS. The van der Waals surface area contributed by atoms with Crippen LogP contribution in [-0.4, -0.2) is 5.91 Å². The van der Waals surface area contributed by atoms with E-state index in [1.54, 1.807) is 0 Å². The van der Waals surface area contributed by atoms with E-state index in [2.05, 4.69) is 47.8 Å². The zero-order chi connectivity index (χ0) is 23.5. The van der Waals surface area contributed by atoms with Crippen LogP contribution in [0.15, 0.2) is 103 Å². The smallest absolute Gasteiger partial charge is 0.267 e. The maximum Gasteiger partial charge on any atom is 0.267 e. The average molecular weight is 488 g/mol. The van der Waals surface area contributed by atoms with Gasteiger partial charge in [0.25, 0.3) is 5.91 Å². The van der Waals surface area contributed by atoms with Crippen molar-refractivity contribution in [2.45, 2.75) is 0 Å². The summed E-state index contributed by atoms with van der Waals surface area (Å²) in [7, 11) is 0. The lowest BCUT2D eigenvalue weighted by molar-refractivity contribution is 0.103. The summed E-state index contributed by atoms with van der Waals surface area (Å²) in [5.74, 6) is -0.190. The van der Waals surface area contributed by atoms with E-state index in [0.29, 0.717) is 9.90 Å². The number of anilines is 1. The van der Waals surface area contributed by atoms with Gasteiger partial charge in [0.05, 0.1) is 5.02 Å². The largest absolute Gasteiger partial charge is 0.321 e. The number of halogens is 1. The van der Waals surface area contributed by atoms with Gasteiger partial charge in [0.15, 0.2) is 0 Å². The number of nitrogens with one attached hydrogen (secondary N) is 1. The maximum atomic E-state index is 13.7. The molecule has 0 fully saturated rings.